The average Bonchev–Trinajstić information content (AvgIpc) is 2.40. The smallest absolute Gasteiger partial charge is 0.0645 e. The van der Waals surface area contributed by atoms with Gasteiger partial charge in [0.2, 0.25) is 0 Å². The van der Waals surface area contributed by atoms with Crippen molar-refractivity contribution in [3.63, 3.8) is 0 Å². The van der Waals surface area contributed by atoms with Gasteiger partial charge < -0.3 is 9.80 Å². The van der Waals surface area contributed by atoms with Gasteiger partial charge in [-0.3, -0.25) is 0 Å². The maximum Gasteiger partial charge on any atom is 0.0645 e. The van der Waals surface area contributed by atoms with Gasteiger partial charge in [-0.15, -0.1) is 0 Å². The van der Waals surface area contributed by atoms with Crippen LogP contribution in [0.5, 0.6) is 0 Å². The molecular weight excluding hydrogens is 148 g/mol. The van der Waals surface area contributed by atoms with Crippen LogP contribution >= 0.6 is 0 Å². The van der Waals surface area contributed by atoms with Crippen molar-refractivity contribution in [1.82, 2.24) is 0 Å². The molecule has 0 aromatic heterocycles. The molecule has 0 bridgehead atoms. The first-order chi connectivity index (χ1) is 12.1. The SMILES string of the molecule is [2H]c1c([2H])c(N(C([2H])([2H])[2H])C([2H])([2H])[2H])c([2H])c([2H])c1N(C([2H])([2H])[2H])C([2H])([2H])[2H]. The van der Waals surface area contributed by atoms with Crippen LogP contribution in [0.15, 0.2) is 24.2 Å². The monoisotopic (exact) mass is 180 g/mol. The molecule has 0 aliphatic heterocycles. The molecule has 0 amide bonds. The molecule has 1 rings (SSSR count). The second kappa shape index (κ2) is 3.48. The van der Waals surface area contributed by atoms with Crippen molar-refractivity contribution in [2.45, 2.75) is 0 Å². The van der Waals surface area contributed by atoms with Gasteiger partial charge >= 0.3 is 0 Å². The first-order valence-corrected chi connectivity index (χ1v) is 2.84. The van der Waals surface area contributed by atoms with E-state index in [1.807, 2.05) is 0 Å². The molecule has 0 saturated heterocycles. The number of rotatable bonds is 2. The Morgan fingerprint density at radius 3 is 1.50 bits per heavy atom. The molecule has 12 heavy (non-hydrogen) atoms. The van der Waals surface area contributed by atoms with E-state index in [0.717, 1.165) is 0 Å². The van der Waals surface area contributed by atoms with Crippen LogP contribution in [0.1, 0.15) is 21.9 Å². The number of hydrogen-bond acceptors (Lipinski definition) is 2. The van der Waals surface area contributed by atoms with Crippen molar-refractivity contribution in [3.8, 4) is 0 Å². The molecule has 0 aliphatic rings. The molecule has 66 valence electrons. The van der Waals surface area contributed by atoms with E-state index in [2.05, 4.69) is 0 Å². The molecule has 0 N–H and O–H groups in total. The lowest BCUT2D eigenvalue weighted by Crippen LogP contribution is -2.10. The molecule has 0 saturated carbocycles. The van der Waals surface area contributed by atoms with Crippen molar-refractivity contribution < 1.29 is 21.9 Å². The Hall–Kier alpha value is -1.18. The molecule has 1 aromatic rings. The van der Waals surface area contributed by atoms with E-state index in [9.17, 15) is 0 Å². The summed E-state index contributed by atoms with van der Waals surface area (Å²) in [5.41, 5.74) is -2.26. The number of nitrogens with zero attached hydrogens (tertiary/aromatic N) is 2. The lowest BCUT2D eigenvalue weighted by Gasteiger charge is -2.16. The fourth-order valence-corrected chi connectivity index (χ4v) is 0.523. The fourth-order valence-electron chi connectivity index (χ4n) is 0.523. The van der Waals surface area contributed by atoms with Crippen LogP contribution in [0.4, 0.5) is 11.4 Å². The van der Waals surface area contributed by atoms with Crippen LogP contribution in [0.25, 0.3) is 0 Å². The summed E-state index contributed by atoms with van der Waals surface area (Å²) in [6.07, 6.45) is 0. The fraction of sp³-hybridized carbons (Fsp3) is 0.400. The Kier molecular flexibility index (Phi) is 0.420. The highest BCUT2D eigenvalue weighted by molar-refractivity contribution is 5.54. The van der Waals surface area contributed by atoms with Crippen LogP contribution in [0, 0.1) is 0 Å². The third kappa shape index (κ3) is 1.91. The van der Waals surface area contributed by atoms with E-state index >= 15 is 0 Å². The molecular formula is C10H16N2. The lowest BCUT2D eigenvalue weighted by atomic mass is 10.2. The first-order valence-electron chi connectivity index (χ1n) is 10.8. The Morgan fingerprint density at radius 2 is 1.25 bits per heavy atom. The van der Waals surface area contributed by atoms with Crippen molar-refractivity contribution in [3.05, 3.63) is 24.2 Å². The first kappa shape index (κ1) is 1.45. The summed E-state index contributed by atoms with van der Waals surface area (Å²) >= 11 is 0. The topological polar surface area (TPSA) is 6.48 Å². The highest BCUT2D eigenvalue weighted by Crippen LogP contribution is 2.16. The molecule has 2 nitrogen and oxygen atoms in total. The number of anilines is 2. The summed E-state index contributed by atoms with van der Waals surface area (Å²) in [7, 11) is 0. The normalized spacial score (nSPS) is 33.3. The van der Waals surface area contributed by atoms with Gasteiger partial charge in [-0.05, 0) is 24.2 Å². The van der Waals surface area contributed by atoms with E-state index in [-0.39, 0.29) is 9.80 Å². The third-order valence-corrected chi connectivity index (χ3v) is 1.05. The van der Waals surface area contributed by atoms with Crippen molar-refractivity contribution in [2.24, 2.45) is 0 Å². The van der Waals surface area contributed by atoms with Crippen LogP contribution in [0.2, 0.25) is 0 Å². The van der Waals surface area contributed by atoms with Gasteiger partial charge in [0.1, 0.15) is 0 Å². The van der Waals surface area contributed by atoms with Crippen molar-refractivity contribution >= 4 is 11.4 Å². The van der Waals surface area contributed by atoms with E-state index in [0.29, 0.717) is 0 Å². The van der Waals surface area contributed by atoms with Crippen molar-refractivity contribution in [2.75, 3.05) is 37.7 Å². The Labute approximate surface area is 96.9 Å². The summed E-state index contributed by atoms with van der Waals surface area (Å²) in [6, 6.07) is -4.83. The molecule has 0 fully saturated rings. The minimum absolute atomic E-state index is 0.278. The molecule has 1 aromatic carbocycles. The minimum atomic E-state index is -3.40. The van der Waals surface area contributed by atoms with Gasteiger partial charge in [0.05, 0.1) is 5.48 Å². The van der Waals surface area contributed by atoms with E-state index in [1.165, 1.54) is 0 Å². The minimum Gasteiger partial charge on any atom is -0.378 e. The van der Waals surface area contributed by atoms with Crippen LogP contribution in [-0.4, -0.2) is 27.9 Å². The predicted octanol–water partition coefficient (Wildman–Crippen LogP) is 1.82. The number of hydrogen-bond donors (Lipinski definition) is 0. The maximum absolute atomic E-state index is 7.94. The lowest BCUT2D eigenvalue weighted by molar-refractivity contribution is 1.11. The summed E-state index contributed by atoms with van der Waals surface area (Å²) < 4.78 is 120. The van der Waals surface area contributed by atoms with Crippen LogP contribution < -0.4 is 9.80 Å². The predicted molar refractivity (Wildman–Crippen MR) is 55.1 cm³/mol. The quantitative estimate of drug-likeness (QED) is 0.685. The van der Waals surface area contributed by atoms with Gasteiger partial charge in [-0.25, -0.2) is 0 Å². The summed E-state index contributed by atoms with van der Waals surface area (Å²) in [6.45, 7) is -13.6. The Bertz CT molecular complexity index is 618. The van der Waals surface area contributed by atoms with Crippen LogP contribution in [-0.2, 0) is 0 Å². The van der Waals surface area contributed by atoms with Gasteiger partial charge in [-0.1, -0.05) is 0 Å². The second-order valence-electron chi connectivity index (χ2n) is 1.87. The van der Waals surface area contributed by atoms with E-state index in [1.54, 1.807) is 0 Å². The molecule has 0 radical (unpaired) electrons. The average molecular weight is 180 g/mol. The second-order valence-corrected chi connectivity index (χ2v) is 1.87. The number of benzene rings is 1. The van der Waals surface area contributed by atoms with Crippen molar-refractivity contribution in [1.29, 1.82) is 0 Å². The Morgan fingerprint density at radius 1 is 0.917 bits per heavy atom. The highest BCUT2D eigenvalue weighted by atomic mass is 15.1. The maximum atomic E-state index is 7.94. The Balaban J connectivity index is 4.01. The molecule has 0 aliphatic carbocycles. The van der Waals surface area contributed by atoms with E-state index < -0.39 is 63.4 Å². The van der Waals surface area contributed by atoms with Crippen LogP contribution in [0.3, 0.4) is 0 Å². The summed E-state index contributed by atoms with van der Waals surface area (Å²) in [4.78, 5) is -0.556. The third-order valence-electron chi connectivity index (χ3n) is 1.05. The van der Waals surface area contributed by atoms with Gasteiger partial charge in [0.25, 0.3) is 0 Å². The molecule has 0 heterocycles. The zero-order chi connectivity index (χ0) is 22.6. The molecule has 2 heteroatoms. The molecule has 0 spiro atoms. The van der Waals surface area contributed by atoms with Gasteiger partial charge in [0, 0.05) is 55.7 Å². The molecule has 0 atom stereocenters. The standard InChI is InChI=1S/C10H16N2/c1-11(2)9-5-7-10(8-6-9)12(3)4/h5-8H,1-4H3/i1D3,2D3,3D3,4D3,5D,6D,7D,8D. The highest BCUT2D eigenvalue weighted by Gasteiger charge is 1.96. The summed E-state index contributed by atoms with van der Waals surface area (Å²) in [5, 5.41) is 0. The largest absolute Gasteiger partial charge is 0.378 e. The zero-order valence-electron chi connectivity index (χ0n) is 21.9. The van der Waals surface area contributed by atoms with E-state index in [4.69, 9.17) is 21.9 Å². The summed E-state index contributed by atoms with van der Waals surface area (Å²) in [5.74, 6) is 0. The molecule has 0 unspecified atom stereocenters. The zero-order valence-corrected chi connectivity index (χ0v) is 5.89. The van der Waals surface area contributed by atoms with Gasteiger partial charge in [-0.2, -0.15) is 0 Å². The van der Waals surface area contributed by atoms with Gasteiger partial charge in [0.15, 0.2) is 0 Å².